The Balaban J connectivity index is 1.16. The van der Waals surface area contributed by atoms with E-state index in [1.165, 1.54) is 0 Å². The van der Waals surface area contributed by atoms with Crippen LogP contribution in [0.15, 0.2) is 41.8 Å². The molecule has 3 heterocycles. The number of ether oxygens (including phenoxy) is 1. The minimum atomic E-state index is -0.661. The molecular formula is C31H34N4O5S. The van der Waals surface area contributed by atoms with E-state index >= 15 is 0 Å². The highest BCUT2D eigenvalue weighted by Crippen LogP contribution is 2.44. The maximum atomic E-state index is 12.9. The highest BCUT2D eigenvalue weighted by atomic mass is 32.1. The van der Waals surface area contributed by atoms with E-state index < -0.39 is 5.97 Å². The van der Waals surface area contributed by atoms with Gasteiger partial charge in [0.05, 0.1) is 18.2 Å². The number of nitrogens with one attached hydrogen (secondary N) is 1. The molecule has 1 aliphatic carbocycles. The number of hydrogen-bond donors (Lipinski definition) is 2. The highest BCUT2D eigenvalue weighted by Gasteiger charge is 2.46. The number of amides is 2. The molecule has 1 saturated carbocycles. The Labute approximate surface area is 243 Å². The van der Waals surface area contributed by atoms with Crippen LogP contribution in [-0.4, -0.2) is 65.5 Å². The molecule has 9 nitrogen and oxygen atoms in total. The predicted molar refractivity (Wildman–Crippen MR) is 156 cm³/mol. The van der Waals surface area contributed by atoms with E-state index in [-0.39, 0.29) is 36.1 Å². The third-order valence-electron chi connectivity index (χ3n) is 8.59. The number of piperazine rings is 1. The van der Waals surface area contributed by atoms with Gasteiger partial charge in [-0.1, -0.05) is 17.7 Å². The van der Waals surface area contributed by atoms with Gasteiger partial charge in [0.2, 0.25) is 5.91 Å². The van der Waals surface area contributed by atoms with Crippen molar-refractivity contribution in [1.29, 1.82) is 0 Å². The molecule has 41 heavy (non-hydrogen) atoms. The molecule has 2 aliphatic heterocycles. The Morgan fingerprint density at radius 3 is 2.61 bits per heavy atom. The maximum Gasteiger partial charge on any atom is 0.307 e. The molecule has 10 heteroatoms. The number of anilines is 1. The van der Waals surface area contributed by atoms with E-state index in [1.54, 1.807) is 22.3 Å². The Kier molecular flexibility index (Phi) is 7.42. The van der Waals surface area contributed by atoms with E-state index in [0.29, 0.717) is 25.3 Å². The van der Waals surface area contributed by atoms with Crippen molar-refractivity contribution >= 4 is 34.3 Å². The number of carbonyl (C=O) groups excluding carboxylic acids is 2. The number of rotatable bonds is 7. The molecule has 2 atom stereocenters. The van der Waals surface area contributed by atoms with E-state index in [4.69, 9.17) is 9.72 Å². The van der Waals surface area contributed by atoms with Gasteiger partial charge in [0.1, 0.15) is 12.4 Å². The molecule has 3 fully saturated rings. The molecule has 214 valence electrons. The van der Waals surface area contributed by atoms with Crippen LogP contribution in [0.3, 0.4) is 0 Å². The molecule has 2 bridgehead atoms. The summed E-state index contributed by atoms with van der Waals surface area (Å²) in [5.74, 6) is -0.0778. The number of carboxylic acids is 1. The number of fused-ring (bicyclic) bond motifs is 2. The monoisotopic (exact) mass is 574 g/mol. The lowest BCUT2D eigenvalue weighted by Crippen LogP contribution is -2.49. The summed E-state index contributed by atoms with van der Waals surface area (Å²) in [7, 11) is 0. The fourth-order valence-corrected chi connectivity index (χ4v) is 7.27. The van der Waals surface area contributed by atoms with Crippen LogP contribution >= 0.6 is 11.3 Å². The maximum absolute atomic E-state index is 12.9. The predicted octanol–water partition coefficient (Wildman–Crippen LogP) is 4.12. The van der Waals surface area contributed by atoms with Gasteiger partial charge in [-0.25, -0.2) is 4.98 Å². The molecule has 0 spiro atoms. The Hall–Kier alpha value is -3.92. The number of aromatic nitrogens is 1. The summed E-state index contributed by atoms with van der Waals surface area (Å²) in [6, 6.07) is 11.6. The minimum Gasteiger partial charge on any atom is -0.488 e. The van der Waals surface area contributed by atoms with E-state index in [9.17, 15) is 19.5 Å². The van der Waals surface area contributed by atoms with Crippen molar-refractivity contribution in [2.45, 2.75) is 33.3 Å². The normalized spacial score (nSPS) is 22.0. The number of aliphatic carboxylic acids is 1. The fraction of sp³-hybridized carbons (Fsp3) is 0.419. The van der Waals surface area contributed by atoms with Crippen LogP contribution < -0.4 is 15.0 Å². The zero-order valence-electron chi connectivity index (χ0n) is 23.3. The summed E-state index contributed by atoms with van der Waals surface area (Å²) in [5, 5.41) is 15.4. The van der Waals surface area contributed by atoms with Crippen molar-refractivity contribution < 1.29 is 24.2 Å². The number of hydrogen-bond acceptors (Lipinski definition) is 7. The summed E-state index contributed by atoms with van der Waals surface area (Å²) >= 11 is 1.59. The van der Waals surface area contributed by atoms with Gasteiger partial charge in [0.25, 0.3) is 5.91 Å². The van der Waals surface area contributed by atoms with Gasteiger partial charge in [-0.15, -0.1) is 11.3 Å². The number of aryl methyl sites for hydroxylation is 2. The topological polar surface area (TPSA) is 112 Å². The Morgan fingerprint density at radius 2 is 1.90 bits per heavy atom. The van der Waals surface area contributed by atoms with Crippen molar-refractivity contribution in [3.05, 3.63) is 64.0 Å². The summed E-state index contributed by atoms with van der Waals surface area (Å²) in [5.41, 5.74) is 5.35. The first kappa shape index (κ1) is 27.3. The molecule has 2 N–H and O–H groups in total. The van der Waals surface area contributed by atoms with Crippen LogP contribution in [0.25, 0.3) is 11.3 Å². The standard InChI is InChI=1S/C31H34N4O5S/c1-18-3-8-26(40-16-23-7-4-20(12-19(23)2)29(37)34-10-9-32-27(36)15-34)24(11-18)25-17-41-31(33-25)35-13-21-5-6-22(14-35)28(21)30(38)39/h3-4,7-8,11-12,17,21-22,28H,5-6,9-10,13-16H2,1-2H3,(H,32,36)(H,38,39). The molecule has 2 saturated heterocycles. The summed E-state index contributed by atoms with van der Waals surface area (Å²) < 4.78 is 6.32. The van der Waals surface area contributed by atoms with Crippen molar-refractivity contribution in [2.24, 2.45) is 17.8 Å². The Bertz CT molecular complexity index is 1490. The van der Waals surface area contributed by atoms with Gasteiger partial charge in [-0.05, 0) is 73.9 Å². The van der Waals surface area contributed by atoms with E-state index in [0.717, 1.165) is 64.8 Å². The zero-order valence-corrected chi connectivity index (χ0v) is 24.1. The first-order valence-corrected chi connectivity index (χ1v) is 15.0. The van der Waals surface area contributed by atoms with Gasteiger partial charge in [0, 0.05) is 42.7 Å². The molecule has 2 unspecified atom stereocenters. The van der Waals surface area contributed by atoms with Crippen molar-refractivity contribution in [3.63, 3.8) is 0 Å². The van der Waals surface area contributed by atoms with Gasteiger partial charge in [0.15, 0.2) is 5.13 Å². The third-order valence-corrected chi connectivity index (χ3v) is 9.49. The minimum absolute atomic E-state index is 0.0824. The van der Waals surface area contributed by atoms with Crippen LogP contribution in [0.4, 0.5) is 5.13 Å². The average Bonchev–Trinajstić information content (AvgIpc) is 3.55. The van der Waals surface area contributed by atoms with Crippen LogP contribution in [0.5, 0.6) is 5.75 Å². The molecule has 0 radical (unpaired) electrons. The average molecular weight is 575 g/mol. The lowest BCUT2D eigenvalue weighted by molar-refractivity contribution is -0.144. The number of carbonyl (C=O) groups is 3. The number of thiazole rings is 1. The Morgan fingerprint density at radius 1 is 1.12 bits per heavy atom. The zero-order chi connectivity index (χ0) is 28.7. The second kappa shape index (κ2) is 11.2. The van der Waals surface area contributed by atoms with Gasteiger partial charge in [-0.3, -0.25) is 14.4 Å². The van der Waals surface area contributed by atoms with E-state index in [2.05, 4.69) is 21.7 Å². The molecule has 3 aliphatic rings. The first-order chi connectivity index (χ1) is 19.8. The first-order valence-electron chi connectivity index (χ1n) is 14.1. The highest BCUT2D eigenvalue weighted by molar-refractivity contribution is 7.14. The SMILES string of the molecule is Cc1ccc(OCc2ccc(C(=O)N3CCNC(=O)C3)cc2C)c(-c2csc(N3CC4CCC(C3)C4C(=O)O)n2)c1. The lowest BCUT2D eigenvalue weighted by atomic mass is 9.85. The van der Waals surface area contributed by atoms with Crippen LogP contribution in [0, 0.1) is 31.6 Å². The third kappa shape index (κ3) is 5.53. The molecule has 2 aromatic carbocycles. The van der Waals surface area contributed by atoms with Crippen molar-refractivity contribution in [1.82, 2.24) is 15.2 Å². The quantitative estimate of drug-likeness (QED) is 0.437. The summed E-state index contributed by atoms with van der Waals surface area (Å²) in [6.45, 7) is 6.87. The van der Waals surface area contributed by atoms with Gasteiger partial charge in [-0.2, -0.15) is 0 Å². The summed E-state index contributed by atoms with van der Waals surface area (Å²) in [6.07, 6.45) is 1.94. The fourth-order valence-electron chi connectivity index (χ4n) is 6.43. The second-order valence-electron chi connectivity index (χ2n) is 11.4. The van der Waals surface area contributed by atoms with E-state index in [1.807, 2.05) is 38.1 Å². The smallest absolute Gasteiger partial charge is 0.307 e. The number of nitrogens with zero attached hydrogens (tertiary/aromatic N) is 3. The summed E-state index contributed by atoms with van der Waals surface area (Å²) in [4.78, 5) is 45.2. The number of piperidine rings is 1. The van der Waals surface area contributed by atoms with Crippen molar-refractivity contribution in [2.75, 3.05) is 37.6 Å². The largest absolute Gasteiger partial charge is 0.488 e. The van der Waals surface area contributed by atoms with Crippen LogP contribution in [0.2, 0.25) is 0 Å². The molecule has 6 rings (SSSR count). The molecule has 1 aromatic heterocycles. The van der Waals surface area contributed by atoms with Crippen molar-refractivity contribution in [3.8, 4) is 17.0 Å². The van der Waals surface area contributed by atoms with Crippen LogP contribution in [0.1, 0.15) is 39.9 Å². The lowest BCUT2D eigenvalue weighted by Gasteiger charge is -2.35. The molecular weight excluding hydrogens is 540 g/mol. The van der Waals surface area contributed by atoms with Gasteiger partial charge < -0.3 is 25.0 Å². The number of carboxylic acid groups (broad SMARTS) is 1. The van der Waals surface area contributed by atoms with Crippen LogP contribution in [-0.2, 0) is 16.2 Å². The number of benzene rings is 2. The second-order valence-corrected chi connectivity index (χ2v) is 12.2. The molecule has 2 amide bonds. The molecule has 3 aromatic rings. The van der Waals surface area contributed by atoms with Gasteiger partial charge >= 0.3 is 5.97 Å².